The van der Waals surface area contributed by atoms with E-state index in [-0.39, 0.29) is 5.88 Å². The van der Waals surface area contributed by atoms with Gasteiger partial charge in [-0.25, -0.2) is 23.7 Å². The van der Waals surface area contributed by atoms with Crippen LogP contribution in [0.25, 0.3) is 17.0 Å². The van der Waals surface area contributed by atoms with Crippen LogP contribution in [0.5, 0.6) is 5.88 Å². The van der Waals surface area contributed by atoms with Crippen molar-refractivity contribution in [2.45, 2.75) is 25.3 Å². The van der Waals surface area contributed by atoms with E-state index in [2.05, 4.69) is 25.6 Å². The maximum absolute atomic E-state index is 12.4. The molecule has 0 saturated carbocycles. The largest absolute Gasteiger partial charge is 0.471 e. The van der Waals surface area contributed by atoms with Crippen molar-refractivity contribution in [2.75, 3.05) is 25.0 Å². The molecule has 0 bridgehead atoms. The highest BCUT2D eigenvalue weighted by Crippen LogP contribution is 2.22. The van der Waals surface area contributed by atoms with Gasteiger partial charge in [0.15, 0.2) is 12.3 Å². The van der Waals surface area contributed by atoms with Gasteiger partial charge >= 0.3 is 0 Å². The lowest BCUT2D eigenvalue weighted by molar-refractivity contribution is 0.0793. The van der Waals surface area contributed by atoms with Crippen LogP contribution in [0.1, 0.15) is 12.8 Å². The van der Waals surface area contributed by atoms with Gasteiger partial charge in [-0.1, -0.05) is 6.07 Å². The summed E-state index contributed by atoms with van der Waals surface area (Å²) in [4.78, 5) is 13.0. The number of hydrogen-bond donors (Lipinski definition) is 2. The fourth-order valence-corrected chi connectivity index (χ4v) is 3.13. The smallest absolute Gasteiger partial charge is 0.272 e. The number of nitrogens with one attached hydrogen (secondary N) is 2. The van der Waals surface area contributed by atoms with Crippen molar-refractivity contribution < 1.29 is 13.5 Å². The number of alkyl halides is 2. The lowest BCUT2D eigenvalue weighted by atomic mass is 10.1. The van der Waals surface area contributed by atoms with Crippen molar-refractivity contribution in [3.63, 3.8) is 0 Å². The van der Waals surface area contributed by atoms with E-state index >= 15 is 0 Å². The highest BCUT2D eigenvalue weighted by atomic mass is 19.3. The summed E-state index contributed by atoms with van der Waals surface area (Å²) in [5.41, 5.74) is 2.05. The van der Waals surface area contributed by atoms with Gasteiger partial charge in [-0.15, -0.1) is 0 Å². The monoisotopic (exact) mass is 374 g/mol. The molecule has 0 radical (unpaired) electrons. The van der Waals surface area contributed by atoms with Crippen LogP contribution in [0, 0.1) is 0 Å². The van der Waals surface area contributed by atoms with Gasteiger partial charge in [-0.3, -0.25) is 4.40 Å². The van der Waals surface area contributed by atoms with Crippen LogP contribution < -0.4 is 15.4 Å². The first-order valence-corrected chi connectivity index (χ1v) is 8.88. The quantitative estimate of drug-likeness (QED) is 0.691. The first-order chi connectivity index (χ1) is 13.2. The standard InChI is InChI=1S/C18H20F2N6O/c19-15(20)11-27-18-10-26-14(8-22-17(26)9-23-18)13-4-1-5-16(25-13)24-12-3-2-6-21-7-12/h1,4-5,8-10,12,15,21H,2-3,6-7,11H2,(H,24,25). The van der Waals surface area contributed by atoms with Crippen LogP contribution in [-0.2, 0) is 0 Å². The third-order valence-electron chi connectivity index (χ3n) is 4.39. The number of hydrogen-bond acceptors (Lipinski definition) is 6. The van der Waals surface area contributed by atoms with Crippen LogP contribution in [0.2, 0.25) is 0 Å². The van der Waals surface area contributed by atoms with Gasteiger partial charge in [0.1, 0.15) is 5.82 Å². The van der Waals surface area contributed by atoms with Crippen molar-refractivity contribution in [1.29, 1.82) is 0 Å². The molecule has 142 valence electrons. The van der Waals surface area contributed by atoms with Gasteiger partial charge in [0.2, 0.25) is 5.88 Å². The molecule has 0 amide bonds. The van der Waals surface area contributed by atoms with Crippen molar-refractivity contribution in [3.8, 4) is 17.3 Å². The molecule has 0 aromatic carbocycles. The van der Waals surface area contributed by atoms with Crippen molar-refractivity contribution >= 4 is 11.5 Å². The molecule has 1 aliphatic heterocycles. The summed E-state index contributed by atoms with van der Waals surface area (Å²) in [6, 6.07) is 6.09. The Morgan fingerprint density at radius 1 is 1.30 bits per heavy atom. The zero-order chi connectivity index (χ0) is 18.6. The SMILES string of the molecule is FC(F)COc1cn2c(-c3cccc(NC4CCCNC4)n3)cnc2cn1. The van der Waals surface area contributed by atoms with E-state index in [4.69, 9.17) is 4.74 Å². The molecule has 3 aromatic rings. The Morgan fingerprint density at radius 2 is 2.22 bits per heavy atom. The Kier molecular flexibility index (Phi) is 5.10. The minimum Gasteiger partial charge on any atom is -0.471 e. The number of anilines is 1. The lowest BCUT2D eigenvalue weighted by Crippen LogP contribution is -2.38. The van der Waals surface area contributed by atoms with Crippen LogP contribution in [0.3, 0.4) is 0 Å². The van der Waals surface area contributed by atoms with Gasteiger partial charge in [-0.05, 0) is 31.5 Å². The Bertz CT molecular complexity index is 910. The molecule has 27 heavy (non-hydrogen) atoms. The maximum Gasteiger partial charge on any atom is 0.272 e. The van der Waals surface area contributed by atoms with Crippen LogP contribution in [0.15, 0.2) is 36.8 Å². The second-order valence-corrected chi connectivity index (χ2v) is 6.39. The zero-order valence-electron chi connectivity index (χ0n) is 14.6. The molecule has 7 nitrogen and oxygen atoms in total. The third-order valence-corrected chi connectivity index (χ3v) is 4.39. The average Bonchev–Trinajstić information content (AvgIpc) is 3.11. The third kappa shape index (κ3) is 4.13. The van der Waals surface area contributed by atoms with E-state index in [0.717, 1.165) is 43.1 Å². The number of fused-ring (bicyclic) bond motifs is 1. The molecular weight excluding hydrogens is 354 g/mol. The van der Waals surface area contributed by atoms with Crippen LogP contribution in [-0.4, -0.2) is 51.5 Å². The highest BCUT2D eigenvalue weighted by Gasteiger charge is 2.14. The predicted octanol–water partition coefficient (Wildman–Crippen LogP) is 2.60. The number of rotatable bonds is 6. The van der Waals surface area contributed by atoms with Crippen molar-refractivity contribution in [2.24, 2.45) is 0 Å². The average molecular weight is 374 g/mol. The summed E-state index contributed by atoms with van der Waals surface area (Å²) in [5.74, 6) is 0.906. The predicted molar refractivity (Wildman–Crippen MR) is 97.2 cm³/mol. The molecule has 4 rings (SSSR count). The Morgan fingerprint density at radius 3 is 3.04 bits per heavy atom. The summed E-state index contributed by atoms with van der Waals surface area (Å²) < 4.78 is 31.5. The van der Waals surface area contributed by atoms with E-state index in [1.54, 1.807) is 16.8 Å². The number of aromatic nitrogens is 4. The van der Waals surface area contributed by atoms with Gasteiger partial charge in [0.25, 0.3) is 6.43 Å². The number of piperidine rings is 1. The van der Waals surface area contributed by atoms with Crippen LogP contribution in [0.4, 0.5) is 14.6 Å². The highest BCUT2D eigenvalue weighted by molar-refractivity contribution is 5.61. The minimum absolute atomic E-state index is 0.115. The summed E-state index contributed by atoms with van der Waals surface area (Å²) in [5, 5.41) is 6.82. The first kappa shape index (κ1) is 17.6. The zero-order valence-corrected chi connectivity index (χ0v) is 14.6. The second kappa shape index (κ2) is 7.83. The maximum atomic E-state index is 12.4. The van der Waals surface area contributed by atoms with E-state index in [1.807, 2.05) is 18.2 Å². The molecule has 1 aliphatic rings. The van der Waals surface area contributed by atoms with Gasteiger partial charge in [0.05, 0.1) is 30.0 Å². The first-order valence-electron chi connectivity index (χ1n) is 8.88. The fourth-order valence-electron chi connectivity index (χ4n) is 3.13. The fraction of sp³-hybridized carbons (Fsp3) is 0.389. The number of halogens is 2. The molecule has 1 saturated heterocycles. The molecule has 0 spiro atoms. The van der Waals surface area contributed by atoms with E-state index in [9.17, 15) is 8.78 Å². The van der Waals surface area contributed by atoms with Gasteiger partial charge in [-0.2, -0.15) is 0 Å². The molecule has 4 heterocycles. The lowest BCUT2D eigenvalue weighted by Gasteiger charge is -2.24. The van der Waals surface area contributed by atoms with Crippen LogP contribution >= 0.6 is 0 Å². The van der Waals surface area contributed by atoms with Gasteiger partial charge < -0.3 is 15.4 Å². The van der Waals surface area contributed by atoms with E-state index in [0.29, 0.717) is 11.7 Å². The molecule has 3 aromatic heterocycles. The normalized spacial score (nSPS) is 17.4. The summed E-state index contributed by atoms with van der Waals surface area (Å²) >= 11 is 0. The van der Waals surface area contributed by atoms with E-state index in [1.165, 1.54) is 6.20 Å². The molecule has 0 aliphatic carbocycles. The van der Waals surface area contributed by atoms with E-state index < -0.39 is 13.0 Å². The Labute approximate surface area is 154 Å². The molecule has 9 heteroatoms. The molecule has 1 atom stereocenters. The second-order valence-electron chi connectivity index (χ2n) is 6.39. The Hall–Kier alpha value is -2.81. The topological polar surface area (TPSA) is 76.4 Å². The molecule has 1 unspecified atom stereocenters. The van der Waals surface area contributed by atoms with Crippen molar-refractivity contribution in [1.82, 2.24) is 24.7 Å². The summed E-state index contributed by atoms with van der Waals surface area (Å²) in [6.45, 7) is 1.27. The number of pyridine rings is 1. The number of nitrogens with zero attached hydrogens (tertiary/aromatic N) is 4. The Balaban J connectivity index is 1.59. The molecule has 1 fully saturated rings. The summed E-state index contributed by atoms with van der Waals surface area (Å²) in [7, 11) is 0. The van der Waals surface area contributed by atoms with Gasteiger partial charge in [0, 0.05) is 12.6 Å². The molecular formula is C18H20F2N6O. The minimum atomic E-state index is -2.55. The molecule has 2 N–H and O–H groups in total. The number of imidazole rings is 1. The van der Waals surface area contributed by atoms with Crippen molar-refractivity contribution in [3.05, 3.63) is 36.8 Å². The summed E-state index contributed by atoms with van der Waals surface area (Å²) in [6.07, 6.45) is 4.41. The number of ether oxygens (including phenoxy) is 1.